The lowest BCUT2D eigenvalue weighted by atomic mass is 10.3. The van der Waals surface area contributed by atoms with Crippen LogP contribution in [-0.4, -0.2) is 20.7 Å². The predicted octanol–water partition coefficient (Wildman–Crippen LogP) is 3.42. The molecule has 5 nitrogen and oxygen atoms in total. The van der Waals surface area contributed by atoms with Crippen molar-refractivity contribution in [2.24, 2.45) is 0 Å². The number of aryl methyl sites for hydroxylation is 1. The zero-order valence-electron chi connectivity index (χ0n) is 10.6. The van der Waals surface area contributed by atoms with Crippen molar-refractivity contribution >= 4 is 44.2 Å². The van der Waals surface area contributed by atoms with Crippen LogP contribution in [-0.2, 0) is 6.54 Å². The number of anilines is 1. The highest BCUT2D eigenvalue weighted by Gasteiger charge is 2.16. The molecule has 1 aromatic carbocycles. The first kappa shape index (κ1) is 13.1. The molecule has 0 unspecified atom stereocenters. The summed E-state index contributed by atoms with van der Waals surface area (Å²) in [6.07, 6.45) is 1.63. The Morgan fingerprint density at radius 1 is 1.45 bits per heavy atom. The molecular weight excluding hydrogens is 296 g/mol. The fraction of sp³-hybridized carbons (Fsp3) is 0.154. The first-order chi connectivity index (χ1) is 9.67. The number of carbonyl (C=O) groups is 1. The van der Waals surface area contributed by atoms with Gasteiger partial charge in [-0.15, -0.1) is 0 Å². The maximum atomic E-state index is 12.1. The van der Waals surface area contributed by atoms with Crippen molar-refractivity contribution in [3.8, 4) is 0 Å². The number of rotatable bonds is 3. The highest BCUT2D eigenvalue weighted by molar-refractivity contribution is 7.22. The summed E-state index contributed by atoms with van der Waals surface area (Å²) >= 11 is 7.42. The Morgan fingerprint density at radius 3 is 2.95 bits per heavy atom. The number of fused-ring (bicyclic) bond motifs is 1. The second-order valence-electron chi connectivity index (χ2n) is 4.12. The van der Waals surface area contributed by atoms with E-state index in [0.717, 1.165) is 10.2 Å². The van der Waals surface area contributed by atoms with Crippen molar-refractivity contribution in [1.82, 2.24) is 14.8 Å². The van der Waals surface area contributed by atoms with E-state index >= 15 is 0 Å². The number of amides is 1. The van der Waals surface area contributed by atoms with Crippen LogP contribution in [0.1, 0.15) is 17.4 Å². The Morgan fingerprint density at radius 2 is 2.25 bits per heavy atom. The first-order valence-electron chi connectivity index (χ1n) is 6.07. The van der Waals surface area contributed by atoms with Gasteiger partial charge in [0.2, 0.25) is 0 Å². The van der Waals surface area contributed by atoms with Crippen LogP contribution in [0.3, 0.4) is 0 Å². The van der Waals surface area contributed by atoms with Crippen LogP contribution < -0.4 is 5.32 Å². The van der Waals surface area contributed by atoms with Crippen LogP contribution in [0.25, 0.3) is 10.2 Å². The van der Waals surface area contributed by atoms with E-state index in [2.05, 4.69) is 15.4 Å². The number of nitrogens with zero attached hydrogens (tertiary/aromatic N) is 3. The number of hydrogen-bond acceptors (Lipinski definition) is 4. The SMILES string of the molecule is CCn1cc(Cl)c(C(=O)Nc2nc3ccccc3s2)n1. The number of aromatic nitrogens is 3. The monoisotopic (exact) mass is 306 g/mol. The lowest BCUT2D eigenvalue weighted by molar-refractivity contribution is 0.102. The molecule has 0 fully saturated rings. The Hall–Kier alpha value is -1.92. The molecule has 3 rings (SSSR count). The van der Waals surface area contributed by atoms with Gasteiger partial charge in [-0.2, -0.15) is 5.10 Å². The van der Waals surface area contributed by atoms with Crippen LogP contribution in [0.4, 0.5) is 5.13 Å². The van der Waals surface area contributed by atoms with Gasteiger partial charge < -0.3 is 0 Å². The molecule has 0 saturated heterocycles. The Labute approximate surface area is 124 Å². The van der Waals surface area contributed by atoms with E-state index in [9.17, 15) is 4.79 Å². The average Bonchev–Trinajstić information content (AvgIpc) is 3.01. The molecule has 0 spiro atoms. The molecule has 0 aliphatic heterocycles. The summed E-state index contributed by atoms with van der Waals surface area (Å²) in [5.74, 6) is -0.346. The summed E-state index contributed by atoms with van der Waals surface area (Å²) < 4.78 is 2.64. The van der Waals surface area contributed by atoms with Gasteiger partial charge in [0.15, 0.2) is 10.8 Å². The summed E-state index contributed by atoms with van der Waals surface area (Å²) in [6.45, 7) is 2.59. The van der Waals surface area contributed by atoms with Crippen molar-refractivity contribution in [2.75, 3.05) is 5.32 Å². The van der Waals surface area contributed by atoms with Gasteiger partial charge in [-0.05, 0) is 19.1 Å². The Bertz CT molecular complexity index is 747. The summed E-state index contributed by atoms with van der Waals surface area (Å²) in [6, 6.07) is 7.71. The summed E-state index contributed by atoms with van der Waals surface area (Å²) in [5, 5.41) is 7.74. The zero-order chi connectivity index (χ0) is 14.1. The van der Waals surface area contributed by atoms with E-state index in [-0.39, 0.29) is 11.6 Å². The van der Waals surface area contributed by atoms with Gasteiger partial charge >= 0.3 is 0 Å². The van der Waals surface area contributed by atoms with Crippen molar-refractivity contribution < 1.29 is 4.79 Å². The number of thiazole rings is 1. The number of hydrogen-bond donors (Lipinski definition) is 1. The molecule has 1 amide bonds. The molecule has 0 atom stereocenters. The fourth-order valence-corrected chi connectivity index (χ4v) is 2.89. The van der Waals surface area contributed by atoms with Crippen molar-refractivity contribution in [1.29, 1.82) is 0 Å². The van der Waals surface area contributed by atoms with E-state index in [1.807, 2.05) is 31.2 Å². The maximum absolute atomic E-state index is 12.1. The van der Waals surface area contributed by atoms with Crippen LogP contribution in [0, 0.1) is 0 Å². The van der Waals surface area contributed by atoms with E-state index < -0.39 is 0 Å². The van der Waals surface area contributed by atoms with E-state index in [1.54, 1.807) is 10.9 Å². The molecule has 0 bridgehead atoms. The molecule has 7 heteroatoms. The van der Waals surface area contributed by atoms with Gasteiger partial charge in [-0.1, -0.05) is 35.1 Å². The Kier molecular flexibility index (Phi) is 3.42. The molecule has 1 N–H and O–H groups in total. The van der Waals surface area contributed by atoms with Gasteiger partial charge in [0.1, 0.15) is 0 Å². The topological polar surface area (TPSA) is 59.8 Å². The second-order valence-corrected chi connectivity index (χ2v) is 5.56. The first-order valence-corrected chi connectivity index (χ1v) is 7.26. The summed E-state index contributed by atoms with van der Waals surface area (Å²) in [7, 11) is 0. The normalized spacial score (nSPS) is 10.9. The van der Waals surface area contributed by atoms with Gasteiger partial charge in [0.05, 0.1) is 15.2 Å². The molecule has 0 aliphatic rings. The molecule has 3 aromatic rings. The number of benzene rings is 1. The highest BCUT2D eigenvalue weighted by atomic mass is 35.5. The molecule has 102 valence electrons. The molecule has 0 aliphatic carbocycles. The maximum Gasteiger partial charge on any atom is 0.279 e. The minimum absolute atomic E-state index is 0.216. The quantitative estimate of drug-likeness (QED) is 0.806. The summed E-state index contributed by atoms with van der Waals surface area (Å²) in [5.41, 5.74) is 1.07. The van der Waals surface area contributed by atoms with Gasteiger partial charge in [-0.3, -0.25) is 14.8 Å². The molecule has 20 heavy (non-hydrogen) atoms. The fourth-order valence-electron chi connectivity index (χ4n) is 1.79. The van der Waals surface area contributed by atoms with E-state index in [0.29, 0.717) is 16.7 Å². The van der Waals surface area contributed by atoms with E-state index in [1.165, 1.54) is 11.3 Å². The number of halogens is 1. The predicted molar refractivity (Wildman–Crippen MR) is 80.5 cm³/mol. The van der Waals surface area contributed by atoms with Crippen LogP contribution >= 0.6 is 22.9 Å². The lowest BCUT2D eigenvalue weighted by Crippen LogP contribution is -2.13. The largest absolute Gasteiger partial charge is 0.296 e. The number of nitrogens with one attached hydrogen (secondary N) is 1. The Balaban J connectivity index is 1.86. The summed E-state index contributed by atoms with van der Waals surface area (Å²) in [4.78, 5) is 16.5. The molecular formula is C13H11ClN4OS. The van der Waals surface area contributed by atoms with E-state index in [4.69, 9.17) is 11.6 Å². The van der Waals surface area contributed by atoms with Crippen molar-refractivity contribution in [3.63, 3.8) is 0 Å². The van der Waals surface area contributed by atoms with Gasteiger partial charge in [0.25, 0.3) is 5.91 Å². The minimum Gasteiger partial charge on any atom is -0.296 e. The minimum atomic E-state index is -0.346. The zero-order valence-corrected chi connectivity index (χ0v) is 12.2. The van der Waals surface area contributed by atoms with Crippen LogP contribution in [0.5, 0.6) is 0 Å². The van der Waals surface area contributed by atoms with Crippen molar-refractivity contribution in [3.05, 3.63) is 41.2 Å². The van der Waals surface area contributed by atoms with Gasteiger partial charge in [-0.25, -0.2) is 4.98 Å². The third-order valence-electron chi connectivity index (χ3n) is 2.77. The molecule has 2 aromatic heterocycles. The second kappa shape index (κ2) is 5.22. The standard InChI is InChI=1S/C13H11ClN4OS/c1-2-18-7-8(14)11(17-18)12(19)16-13-15-9-5-3-4-6-10(9)20-13/h3-7H,2H2,1H3,(H,15,16,19). The van der Waals surface area contributed by atoms with Crippen LogP contribution in [0.15, 0.2) is 30.5 Å². The molecule has 0 saturated carbocycles. The van der Waals surface area contributed by atoms with Gasteiger partial charge in [0, 0.05) is 12.7 Å². The average molecular weight is 307 g/mol. The smallest absolute Gasteiger partial charge is 0.279 e. The van der Waals surface area contributed by atoms with Crippen molar-refractivity contribution in [2.45, 2.75) is 13.5 Å². The lowest BCUT2D eigenvalue weighted by Gasteiger charge is -1.98. The third kappa shape index (κ3) is 2.39. The van der Waals surface area contributed by atoms with Crippen LogP contribution in [0.2, 0.25) is 5.02 Å². The number of para-hydroxylation sites is 1. The highest BCUT2D eigenvalue weighted by Crippen LogP contribution is 2.26. The third-order valence-corrected chi connectivity index (χ3v) is 4.00. The molecule has 0 radical (unpaired) electrons. The number of carbonyl (C=O) groups excluding carboxylic acids is 1. The molecule has 2 heterocycles.